The van der Waals surface area contributed by atoms with Crippen molar-refractivity contribution in [3.05, 3.63) is 29.8 Å². The number of nitrogens with two attached hydrogens (primary N) is 1. The molecule has 94 valence electrons. The highest BCUT2D eigenvalue weighted by atomic mass is 32.3. The molecule has 1 aromatic rings. The fraction of sp³-hybridized carbons (Fsp3) is 0.300. The Kier molecular flexibility index (Phi) is 4.19. The molecule has 0 aliphatic carbocycles. The first kappa shape index (κ1) is 13.6. The zero-order chi connectivity index (χ0) is 13.1. The molecular weight excluding hydrogens is 249 g/mol. The van der Waals surface area contributed by atoms with Crippen LogP contribution in [0.1, 0.15) is 5.56 Å². The van der Waals surface area contributed by atoms with Crippen molar-refractivity contribution in [3.8, 4) is 0 Å². The van der Waals surface area contributed by atoms with E-state index >= 15 is 0 Å². The van der Waals surface area contributed by atoms with Gasteiger partial charge in [0.15, 0.2) is 0 Å². The van der Waals surface area contributed by atoms with Gasteiger partial charge in [0.25, 0.3) is 0 Å². The molecule has 0 aromatic heterocycles. The van der Waals surface area contributed by atoms with Crippen LogP contribution in [0.15, 0.2) is 29.2 Å². The molecular formula is C10H12FNO4S. The summed E-state index contributed by atoms with van der Waals surface area (Å²) in [6, 6.07) is 4.29. The maximum Gasteiger partial charge on any atom is 0.332 e. The summed E-state index contributed by atoms with van der Waals surface area (Å²) in [5, 5.41) is 0. The van der Waals surface area contributed by atoms with Gasteiger partial charge >= 0.3 is 16.2 Å². The van der Waals surface area contributed by atoms with E-state index in [0.717, 1.165) is 12.1 Å². The number of ether oxygens (including phenoxy) is 1. The average Bonchev–Trinajstić information content (AvgIpc) is 2.27. The van der Waals surface area contributed by atoms with Crippen molar-refractivity contribution >= 4 is 16.2 Å². The Bertz CT molecular complexity index is 515. The zero-order valence-corrected chi connectivity index (χ0v) is 9.91. The Balaban J connectivity index is 2.90. The normalized spacial score (nSPS) is 13.1. The molecule has 0 heterocycles. The summed E-state index contributed by atoms with van der Waals surface area (Å²) in [6.07, 6.45) is 0.0794. The molecule has 1 atom stereocenters. The molecule has 0 bridgehead atoms. The zero-order valence-electron chi connectivity index (χ0n) is 9.09. The SMILES string of the molecule is COC(=O)[C@@H](N)Cc1cccc(S(=O)(=O)F)c1. The molecule has 2 N–H and O–H groups in total. The molecule has 0 aliphatic rings. The van der Waals surface area contributed by atoms with E-state index in [-0.39, 0.29) is 6.42 Å². The molecule has 0 fully saturated rings. The maximum absolute atomic E-state index is 12.7. The summed E-state index contributed by atoms with van der Waals surface area (Å²) in [7, 11) is -3.54. The molecule has 17 heavy (non-hydrogen) atoms. The molecule has 0 aliphatic heterocycles. The second kappa shape index (κ2) is 5.24. The Morgan fingerprint density at radius 1 is 1.53 bits per heavy atom. The molecule has 7 heteroatoms. The van der Waals surface area contributed by atoms with E-state index in [1.54, 1.807) is 6.07 Å². The van der Waals surface area contributed by atoms with E-state index in [2.05, 4.69) is 4.74 Å². The number of carbonyl (C=O) groups excluding carboxylic acids is 1. The van der Waals surface area contributed by atoms with E-state index < -0.39 is 27.1 Å². The van der Waals surface area contributed by atoms with Crippen molar-refractivity contribution in [2.24, 2.45) is 5.73 Å². The van der Waals surface area contributed by atoms with Gasteiger partial charge in [-0.05, 0) is 24.1 Å². The molecule has 0 unspecified atom stereocenters. The molecule has 0 saturated carbocycles. The van der Waals surface area contributed by atoms with Crippen molar-refractivity contribution in [1.82, 2.24) is 0 Å². The van der Waals surface area contributed by atoms with Crippen LogP contribution in [-0.2, 0) is 26.2 Å². The predicted octanol–water partition coefficient (Wildman–Crippen LogP) is 0.388. The summed E-state index contributed by atoms with van der Waals surface area (Å²) in [6.45, 7) is 0. The van der Waals surface area contributed by atoms with Gasteiger partial charge in [-0.15, -0.1) is 3.89 Å². The van der Waals surface area contributed by atoms with E-state index in [4.69, 9.17) is 5.73 Å². The minimum atomic E-state index is -4.74. The first-order valence-corrected chi connectivity index (χ1v) is 6.10. The van der Waals surface area contributed by atoms with Crippen LogP contribution in [0, 0.1) is 0 Å². The first-order valence-electron chi connectivity index (χ1n) is 4.71. The quantitative estimate of drug-likeness (QED) is 0.625. The fourth-order valence-corrected chi connectivity index (χ4v) is 1.85. The Labute approximate surface area is 98.6 Å². The minimum Gasteiger partial charge on any atom is -0.468 e. The highest BCUT2D eigenvalue weighted by Crippen LogP contribution is 2.15. The summed E-state index contributed by atoms with van der Waals surface area (Å²) in [5.74, 6) is -0.612. The second-order valence-corrected chi connectivity index (χ2v) is 4.77. The van der Waals surface area contributed by atoms with E-state index in [0.29, 0.717) is 5.56 Å². The van der Waals surface area contributed by atoms with Crippen molar-refractivity contribution < 1.29 is 21.8 Å². The van der Waals surface area contributed by atoms with Crippen LogP contribution in [-0.4, -0.2) is 27.5 Å². The number of esters is 1. The summed E-state index contributed by atoms with van der Waals surface area (Å²) in [5.41, 5.74) is 5.95. The molecule has 1 rings (SSSR count). The largest absolute Gasteiger partial charge is 0.468 e. The average molecular weight is 261 g/mol. The number of rotatable bonds is 4. The van der Waals surface area contributed by atoms with Crippen LogP contribution < -0.4 is 5.73 Å². The van der Waals surface area contributed by atoms with Crippen molar-refractivity contribution in [2.75, 3.05) is 7.11 Å². The third-order valence-electron chi connectivity index (χ3n) is 2.14. The molecule has 5 nitrogen and oxygen atoms in total. The van der Waals surface area contributed by atoms with Gasteiger partial charge < -0.3 is 10.5 Å². The molecule has 0 radical (unpaired) electrons. The van der Waals surface area contributed by atoms with E-state index in [1.807, 2.05) is 0 Å². The maximum atomic E-state index is 12.7. The monoisotopic (exact) mass is 261 g/mol. The predicted molar refractivity (Wildman–Crippen MR) is 58.4 cm³/mol. The van der Waals surface area contributed by atoms with Crippen LogP contribution in [0.4, 0.5) is 3.89 Å². The van der Waals surface area contributed by atoms with Gasteiger partial charge in [0.05, 0.1) is 12.0 Å². The summed E-state index contributed by atoms with van der Waals surface area (Å²) >= 11 is 0. The van der Waals surface area contributed by atoms with Crippen LogP contribution >= 0.6 is 0 Å². The van der Waals surface area contributed by atoms with E-state index in [1.165, 1.54) is 13.2 Å². The van der Waals surface area contributed by atoms with Gasteiger partial charge in [-0.1, -0.05) is 12.1 Å². The lowest BCUT2D eigenvalue weighted by Gasteiger charge is -2.09. The van der Waals surface area contributed by atoms with E-state index in [9.17, 15) is 17.1 Å². The smallest absolute Gasteiger partial charge is 0.332 e. The lowest BCUT2D eigenvalue weighted by atomic mass is 10.1. The van der Waals surface area contributed by atoms with Crippen LogP contribution in [0.5, 0.6) is 0 Å². The third-order valence-corrected chi connectivity index (χ3v) is 2.96. The van der Waals surface area contributed by atoms with Crippen molar-refractivity contribution in [2.45, 2.75) is 17.4 Å². The van der Waals surface area contributed by atoms with Gasteiger partial charge in [-0.25, -0.2) is 0 Å². The number of benzene rings is 1. The lowest BCUT2D eigenvalue weighted by molar-refractivity contribution is -0.142. The number of carbonyl (C=O) groups is 1. The summed E-state index contributed by atoms with van der Waals surface area (Å²) < 4.78 is 38.5. The fourth-order valence-electron chi connectivity index (χ4n) is 1.31. The number of hydrogen-bond acceptors (Lipinski definition) is 5. The number of hydrogen-bond donors (Lipinski definition) is 1. The first-order chi connectivity index (χ1) is 7.84. The number of methoxy groups -OCH3 is 1. The standard InChI is InChI=1S/C10H12FNO4S/c1-16-10(13)9(12)6-7-3-2-4-8(5-7)17(11,14)15/h2-5,9H,6,12H2,1H3/t9-/m0/s1. The van der Waals surface area contributed by atoms with Crippen LogP contribution in [0.3, 0.4) is 0 Å². The molecule has 0 spiro atoms. The van der Waals surface area contributed by atoms with Gasteiger partial charge in [-0.2, -0.15) is 8.42 Å². The Hall–Kier alpha value is -1.47. The third kappa shape index (κ3) is 3.79. The van der Waals surface area contributed by atoms with Crippen molar-refractivity contribution in [1.29, 1.82) is 0 Å². The van der Waals surface area contributed by atoms with Gasteiger partial charge in [0.1, 0.15) is 6.04 Å². The highest BCUT2D eigenvalue weighted by Gasteiger charge is 2.16. The Morgan fingerprint density at radius 2 is 2.18 bits per heavy atom. The second-order valence-electron chi connectivity index (χ2n) is 3.42. The molecule has 1 aromatic carbocycles. The molecule has 0 saturated heterocycles. The van der Waals surface area contributed by atoms with Gasteiger partial charge in [-0.3, -0.25) is 4.79 Å². The van der Waals surface area contributed by atoms with Crippen molar-refractivity contribution in [3.63, 3.8) is 0 Å². The summed E-state index contributed by atoms with van der Waals surface area (Å²) in [4.78, 5) is 10.6. The van der Waals surface area contributed by atoms with Gasteiger partial charge in [0.2, 0.25) is 0 Å². The van der Waals surface area contributed by atoms with Gasteiger partial charge in [0, 0.05) is 0 Å². The number of halogens is 1. The van der Waals surface area contributed by atoms with Crippen LogP contribution in [0.25, 0.3) is 0 Å². The topological polar surface area (TPSA) is 86.5 Å². The minimum absolute atomic E-state index is 0.0794. The molecule has 0 amide bonds. The lowest BCUT2D eigenvalue weighted by Crippen LogP contribution is -2.33. The van der Waals surface area contributed by atoms with Crippen LogP contribution in [0.2, 0.25) is 0 Å². The highest BCUT2D eigenvalue weighted by molar-refractivity contribution is 7.86. The Morgan fingerprint density at radius 3 is 2.71 bits per heavy atom.